The van der Waals surface area contributed by atoms with E-state index >= 15 is 0 Å². The van der Waals surface area contributed by atoms with Crippen molar-refractivity contribution < 1.29 is 9.90 Å². The second-order valence-corrected chi connectivity index (χ2v) is 4.52. The molecule has 0 aliphatic carbocycles. The first-order valence-electron chi connectivity index (χ1n) is 6.43. The molecule has 4 N–H and O–H groups in total. The van der Waals surface area contributed by atoms with E-state index < -0.39 is 0 Å². The molecule has 0 atom stereocenters. The topological polar surface area (TPSA) is 75.3 Å². The van der Waals surface area contributed by atoms with Crippen molar-refractivity contribution >= 4 is 24.0 Å². The van der Waals surface area contributed by atoms with Crippen molar-refractivity contribution in [1.82, 2.24) is 0 Å². The van der Waals surface area contributed by atoms with E-state index in [4.69, 9.17) is 5.73 Å². The van der Waals surface area contributed by atoms with Gasteiger partial charge >= 0.3 is 0 Å². The van der Waals surface area contributed by atoms with Crippen LogP contribution < -0.4 is 11.1 Å². The minimum Gasteiger partial charge on any atom is -0.506 e. The molecule has 1 aromatic carbocycles. The van der Waals surface area contributed by atoms with Gasteiger partial charge in [-0.05, 0) is 44.0 Å². The Morgan fingerprint density at radius 1 is 1.26 bits per heavy atom. The van der Waals surface area contributed by atoms with Crippen molar-refractivity contribution in [3.8, 4) is 5.75 Å². The lowest BCUT2D eigenvalue weighted by atomic mass is 10.1. The van der Waals surface area contributed by atoms with Crippen LogP contribution >= 0.6 is 12.4 Å². The van der Waals surface area contributed by atoms with E-state index in [1.807, 2.05) is 6.92 Å². The molecule has 1 rings (SSSR count). The largest absolute Gasteiger partial charge is 0.506 e. The first-order chi connectivity index (χ1) is 8.63. The van der Waals surface area contributed by atoms with Gasteiger partial charge in [-0.1, -0.05) is 18.9 Å². The Balaban J connectivity index is 0.00000324. The van der Waals surface area contributed by atoms with E-state index in [1.165, 1.54) is 0 Å². The summed E-state index contributed by atoms with van der Waals surface area (Å²) < 4.78 is 0. The van der Waals surface area contributed by atoms with Gasteiger partial charge in [0, 0.05) is 6.42 Å². The Kier molecular flexibility index (Phi) is 9.00. The Labute approximate surface area is 120 Å². The quantitative estimate of drug-likeness (QED) is 0.533. The van der Waals surface area contributed by atoms with Crippen molar-refractivity contribution in [1.29, 1.82) is 0 Å². The van der Waals surface area contributed by atoms with E-state index in [0.29, 0.717) is 18.7 Å². The van der Waals surface area contributed by atoms with Crippen molar-refractivity contribution in [2.45, 2.75) is 39.0 Å². The third-order valence-corrected chi connectivity index (χ3v) is 2.78. The first-order valence-corrected chi connectivity index (χ1v) is 6.43. The van der Waals surface area contributed by atoms with Gasteiger partial charge in [0.05, 0.1) is 5.69 Å². The zero-order valence-corrected chi connectivity index (χ0v) is 12.1. The van der Waals surface area contributed by atoms with Crippen LogP contribution in [0.25, 0.3) is 0 Å². The summed E-state index contributed by atoms with van der Waals surface area (Å²) in [6.45, 7) is 2.63. The number of nitrogens with two attached hydrogens (primary N) is 1. The van der Waals surface area contributed by atoms with Gasteiger partial charge in [0.1, 0.15) is 5.75 Å². The van der Waals surface area contributed by atoms with Crippen LogP contribution in [-0.2, 0) is 4.79 Å². The number of nitrogens with one attached hydrogen (secondary N) is 1. The maximum Gasteiger partial charge on any atom is 0.224 e. The number of aromatic hydroxyl groups is 1. The molecular formula is C14H23ClN2O2. The van der Waals surface area contributed by atoms with Crippen molar-refractivity contribution in [2.75, 3.05) is 11.9 Å². The van der Waals surface area contributed by atoms with E-state index in [-0.39, 0.29) is 24.1 Å². The summed E-state index contributed by atoms with van der Waals surface area (Å²) in [4.78, 5) is 11.7. The molecule has 1 amide bonds. The molecule has 0 heterocycles. The van der Waals surface area contributed by atoms with E-state index in [1.54, 1.807) is 18.2 Å². The predicted octanol–water partition coefficient (Wildman–Crippen LogP) is 2.97. The molecular weight excluding hydrogens is 264 g/mol. The molecule has 0 aliphatic heterocycles. The third kappa shape index (κ3) is 7.03. The van der Waals surface area contributed by atoms with Crippen LogP contribution in [0, 0.1) is 6.92 Å². The van der Waals surface area contributed by atoms with E-state index in [2.05, 4.69) is 5.32 Å². The highest BCUT2D eigenvalue weighted by Gasteiger charge is 2.06. The molecule has 0 bridgehead atoms. The maximum absolute atomic E-state index is 11.7. The summed E-state index contributed by atoms with van der Waals surface area (Å²) in [6, 6.07) is 5.16. The van der Waals surface area contributed by atoms with Gasteiger partial charge in [-0.2, -0.15) is 0 Å². The van der Waals surface area contributed by atoms with Crippen LogP contribution in [0.4, 0.5) is 5.69 Å². The number of anilines is 1. The number of carbonyl (C=O) groups excluding carboxylic acids is 1. The summed E-state index contributed by atoms with van der Waals surface area (Å²) in [5.74, 6) is 0.0562. The average Bonchev–Trinajstić information content (AvgIpc) is 2.33. The van der Waals surface area contributed by atoms with Gasteiger partial charge in [0.2, 0.25) is 5.91 Å². The smallest absolute Gasteiger partial charge is 0.224 e. The second-order valence-electron chi connectivity index (χ2n) is 4.52. The highest BCUT2D eigenvalue weighted by molar-refractivity contribution is 5.92. The third-order valence-electron chi connectivity index (χ3n) is 2.78. The number of aryl methyl sites for hydroxylation is 1. The Bertz CT molecular complexity index is 397. The lowest BCUT2D eigenvalue weighted by Gasteiger charge is -2.08. The van der Waals surface area contributed by atoms with Crippen LogP contribution in [-0.4, -0.2) is 17.6 Å². The molecule has 19 heavy (non-hydrogen) atoms. The molecule has 108 valence electrons. The SMILES string of the molecule is Cc1ccc(O)c(NC(=O)CCCCCCN)c1.Cl. The van der Waals surface area contributed by atoms with Gasteiger partial charge in [-0.3, -0.25) is 4.79 Å². The summed E-state index contributed by atoms with van der Waals surface area (Å²) >= 11 is 0. The lowest BCUT2D eigenvalue weighted by molar-refractivity contribution is -0.116. The van der Waals surface area contributed by atoms with Crippen LogP contribution in [0.5, 0.6) is 5.75 Å². The van der Waals surface area contributed by atoms with Gasteiger partial charge in [0.15, 0.2) is 0 Å². The number of benzene rings is 1. The van der Waals surface area contributed by atoms with Gasteiger partial charge in [0.25, 0.3) is 0 Å². The Hall–Kier alpha value is -1.26. The number of hydrogen-bond acceptors (Lipinski definition) is 3. The van der Waals surface area contributed by atoms with Crippen LogP contribution in [0.2, 0.25) is 0 Å². The van der Waals surface area contributed by atoms with Crippen LogP contribution in [0.3, 0.4) is 0 Å². The zero-order valence-electron chi connectivity index (χ0n) is 11.3. The Morgan fingerprint density at radius 2 is 1.95 bits per heavy atom. The molecule has 0 unspecified atom stereocenters. The molecule has 4 nitrogen and oxygen atoms in total. The highest BCUT2D eigenvalue weighted by Crippen LogP contribution is 2.24. The number of rotatable bonds is 7. The lowest BCUT2D eigenvalue weighted by Crippen LogP contribution is -2.11. The fourth-order valence-corrected chi connectivity index (χ4v) is 1.75. The highest BCUT2D eigenvalue weighted by atomic mass is 35.5. The number of hydrogen-bond donors (Lipinski definition) is 3. The molecule has 0 fully saturated rings. The molecule has 0 saturated heterocycles. The standard InChI is InChI=1S/C14H22N2O2.ClH/c1-11-7-8-13(17)12(10-11)16-14(18)6-4-2-3-5-9-15;/h7-8,10,17H,2-6,9,15H2,1H3,(H,16,18);1H. The molecule has 0 saturated carbocycles. The number of carbonyl (C=O) groups is 1. The summed E-state index contributed by atoms with van der Waals surface area (Å²) in [5.41, 5.74) is 6.89. The second kappa shape index (κ2) is 9.64. The monoisotopic (exact) mass is 286 g/mol. The summed E-state index contributed by atoms with van der Waals surface area (Å²) in [5, 5.41) is 12.3. The van der Waals surface area contributed by atoms with Gasteiger partial charge < -0.3 is 16.2 Å². The minimum atomic E-state index is -0.0522. The number of halogens is 1. The molecule has 0 aromatic heterocycles. The van der Waals surface area contributed by atoms with Gasteiger partial charge in [-0.15, -0.1) is 12.4 Å². The predicted molar refractivity (Wildman–Crippen MR) is 80.9 cm³/mol. The van der Waals surface area contributed by atoms with Gasteiger partial charge in [-0.25, -0.2) is 0 Å². The summed E-state index contributed by atoms with van der Waals surface area (Å²) in [7, 11) is 0. The first kappa shape index (κ1) is 17.7. The average molecular weight is 287 g/mol. The number of unbranched alkanes of at least 4 members (excludes halogenated alkanes) is 3. The van der Waals surface area contributed by atoms with Crippen molar-refractivity contribution in [3.63, 3.8) is 0 Å². The normalized spacial score (nSPS) is 9.79. The number of phenolic OH excluding ortho intramolecular Hbond substituents is 1. The van der Waals surface area contributed by atoms with Crippen molar-refractivity contribution in [3.05, 3.63) is 23.8 Å². The summed E-state index contributed by atoms with van der Waals surface area (Å²) in [6.07, 6.45) is 4.44. The molecule has 0 aliphatic rings. The molecule has 0 radical (unpaired) electrons. The molecule has 1 aromatic rings. The fourth-order valence-electron chi connectivity index (χ4n) is 1.75. The zero-order chi connectivity index (χ0) is 13.4. The number of phenols is 1. The van der Waals surface area contributed by atoms with Crippen LogP contribution in [0.15, 0.2) is 18.2 Å². The molecule has 0 spiro atoms. The fraction of sp³-hybridized carbons (Fsp3) is 0.500. The van der Waals surface area contributed by atoms with E-state index in [9.17, 15) is 9.90 Å². The number of amides is 1. The Morgan fingerprint density at radius 3 is 2.63 bits per heavy atom. The molecule has 5 heteroatoms. The minimum absolute atomic E-state index is 0. The van der Waals surface area contributed by atoms with Crippen LogP contribution in [0.1, 0.15) is 37.7 Å². The van der Waals surface area contributed by atoms with E-state index in [0.717, 1.165) is 31.2 Å². The maximum atomic E-state index is 11.7. The van der Waals surface area contributed by atoms with Crippen molar-refractivity contribution in [2.24, 2.45) is 5.73 Å².